The number of carbonyl (C=O) groups excluding carboxylic acids is 2. The summed E-state index contributed by atoms with van der Waals surface area (Å²) in [5.74, 6) is 0.0526. The van der Waals surface area contributed by atoms with Crippen molar-refractivity contribution >= 4 is 38.9 Å². The third-order valence-corrected chi connectivity index (χ3v) is 5.21. The second kappa shape index (κ2) is 7.23. The van der Waals surface area contributed by atoms with E-state index in [9.17, 15) is 9.59 Å². The van der Waals surface area contributed by atoms with Crippen molar-refractivity contribution in [2.24, 2.45) is 0 Å². The van der Waals surface area contributed by atoms with Gasteiger partial charge in [-0.2, -0.15) is 0 Å². The third-order valence-electron chi connectivity index (χ3n) is 4.35. The quantitative estimate of drug-likeness (QED) is 0.604. The number of hydrogen-bond donors (Lipinski definition) is 0. The number of fused-ring (bicyclic) bond motifs is 1. The summed E-state index contributed by atoms with van der Waals surface area (Å²) in [6.45, 7) is 6.59. The number of benzene rings is 1. The van der Waals surface area contributed by atoms with Gasteiger partial charge in [0.05, 0.1) is 15.9 Å². The van der Waals surface area contributed by atoms with Gasteiger partial charge in [-0.25, -0.2) is 0 Å². The maximum Gasteiger partial charge on any atom is 0.246 e. The number of anilines is 1. The molecule has 4 nitrogen and oxygen atoms in total. The summed E-state index contributed by atoms with van der Waals surface area (Å²) < 4.78 is 2.90. The van der Waals surface area contributed by atoms with Crippen molar-refractivity contribution in [2.45, 2.75) is 33.7 Å². The van der Waals surface area contributed by atoms with Crippen molar-refractivity contribution in [1.82, 2.24) is 4.57 Å². The summed E-state index contributed by atoms with van der Waals surface area (Å²) in [5, 5.41) is 1.99. The van der Waals surface area contributed by atoms with Gasteiger partial charge in [-0.05, 0) is 49.1 Å². The number of Topliss-reactive ketones (excluding diaryl/α,β-unsaturated/α-hetero) is 1. The summed E-state index contributed by atoms with van der Waals surface area (Å²) in [7, 11) is 0. The Labute approximate surface area is 151 Å². The van der Waals surface area contributed by atoms with Gasteiger partial charge in [-0.15, -0.1) is 11.3 Å². The van der Waals surface area contributed by atoms with Crippen LogP contribution in [0.25, 0.3) is 10.2 Å². The van der Waals surface area contributed by atoms with Crippen LogP contribution in [0.1, 0.15) is 36.3 Å². The molecule has 130 valence electrons. The zero-order valence-corrected chi connectivity index (χ0v) is 15.6. The molecule has 3 rings (SSSR count). The van der Waals surface area contributed by atoms with Crippen LogP contribution in [0, 0.1) is 6.92 Å². The summed E-state index contributed by atoms with van der Waals surface area (Å²) in [6, 6.07) is 11.8. The molecule has 0 atom stereocenters. The van der Waals surface area contributed by atoms with Gasteiger partial charge in [0, 0.05) is 18.7 Å². The van der Waals surface area contributed by atoms with E-state index in [0.29, 0.717) is 18.7 Å². The molecule has 0 saturated carbocycles. The number of likely N-dealkylation sites (N-methyl/N-ethyl adjacent to an activating group) is 1. The average molecular weight is 354 g/mol. The highest BCUT2D eigenvalue weighted by Crippen LogP contribution is 2.27. The lowest BCUT2D eigenvalue weighted by atomic mass is 10.2. The van der Waals surface area contributed by atoms with Gasteiger partial charge in [0.2, 0.25) is 5.91 Å². The van der Waals surface area contributed by atoms with Gasteiger partial charge < -0.3 is 9.47 Å². The molecule has 0 saturated heterocycles. The Hall–Kier alpha value is -2.40. The van der Waals surface area contributed by atoms with Gasteiger partial charge in [0.15, 0.2) is 5.78 Å². The van der Waals surface area contributed by atoms with Crippen molar-refractivity contribution < 1.29 is 9.59 Å². The molecule has 0 unspecified atom stereocenters. The monoisotopic (exact) mass is 354 g/mol. The van der Waals surface area contributed by atoms with Crippen molar-refractivity contribution in [3.63, 3.8) is 0 Å². The standard InChI is InChI=1S/C20H22N2O2S/c1-4-18(23)17-12-19-16(9-10-25-19)22(17)13-20(24)21(5-2)15-8-6-7-14(3)11-15/h6-12H,4-5,13H2,1-3H3. The highest BCUT2D eigenvalue weighted by molar-refractivity contribution is 7.17. The smallest absolute Gasteiger partial charge is 0.246 e. The SMILES string of the molecule is CCC(=O)c1cc2sccc2n1CC(=O)N(CC)c1cccc(C)c1. The molecule has 0 spiro atoms. The van der Waals surface area contributed by atoms with E-state index in [2.05, 4.69) is 0 Å². The molecular weight excluding hydrogens is 332 g/mol. The van der Waals surface area contributed by atoms with Crippen LogP contribution in [-0.2, 0) is 11.3 Å². The number of nitrogens with zero attached hydrogens (tertiary/aromatic N) is 2. The van der Waals surface area contributed by atoms with E-state index < -0.39 is 0 Å². The first-order valence-electron chi connectivity index (χ1n) is 8.52. The Morgan fingerprint density at radius 3 is 2.64 bits per heavy atom. The average Bonchev–Trinajstić information content (AvgIpc) is 3.17. The fourth-order valence-electron chi connectivity index (χ4n) is 3.08. The summed E-state index contributed by atoms with van der Waals surface area (Å²) >= 11 is 1.59. The molecule has 2 aromatic heterocycles. The molecule has 5 heteroatoms. The van der Waals surface area contributed by atoms with Crippen molar-refractivity contribution in [3.8, 4) is 0 Å². The summed E-state index contributed by atoms with van der Waals surface area (Å²) in [6.07, 6.45) is 0.431. The lowest BCUT2D eigenvalue weighted by molar-refractivity contribution is -0.119. The lowest BCUT2D eigenvalue weighted by Crippen LogP contribution is -2.34. The number of aromatic nitrogens is 1. The fourth-order valence-corrected chi connectivity index (χ4v) is 3.90. The Balaban J connectivity index is 1.95. The van der Waals surface area contributed by atoms with E-state index in [-0.39, 0.29) is 18.2 Å². The first-order valence-corrected chi connectivity index (χ1v) is 9.40. The minimum Gasteiger partial charge on any atom is -0.328 e. The van der Waals surface area contributed by atoms with E-state index in [0.717, 1.165) is 21.5 Å². The van der Waals surface area contributed by atoms with E-state index in [1.54, 1.807) is 16.2 Å². The van der Waals surface area contributed by atoms with Crippen LogP contribution in [0.5, 0.6) is 0 Å². The first kappa shape index (κ1) is 17.4. The zero-order chi connectivity index (χ0) is 18.0. The maximum absolute atomic E-state index is 13.0. The van der Waals surface area contributed by atoms with E-state index in [1.165, 1.54) is 0 Å². The number of aryl methyl sites for hydroxylation is 1. The Morgan fingerprint density at radius 1 is 1.16 bits per heavy atom. The van der Waals surface area contributed by atoms with E-state index in [4.69, 9.17) is 0 Å². The van der Waals surface area contributed by atoms with Crippen LogP contribution < -0.4 is 4.90 Å². The molecule has 3 aromatic rings. The summed E-state index contributed by atoms with van der Waals surface area (Å²) in [5.41, 5.74) is 3.59. The molecule has 0 aliphatic rings. The number of thiophene rings is 1. The highest BCUT2D eigenvalue weighted by Gasteiger charge is 2.20. The summed E-state index contributed by atoms with van der Waals surface area (Å²) in [4.78, 5) is 27.0. The van der Waals surface area contributed by atoms with Crippen LogP contribution in [0.4, 0.5) is 5.69 Å². The predicted octanol–water partition coefficient (Wildman–Crippen LogP) is 4.66. The molecular formula is C20H22N2O2S. The minimum absolute atomic E-state index is 0.0121. The van der Waals surface area contributed by atoms with Crippen LogP contribution in [0.15, 0.2) is 41.8 Å². The topological polar surface area (TPSA) is 42.3 Å². The molecule has 0 bridgehead atoms. The van der Waals surface area contributed by atoms with Gasteiger partial charge in [-0.3, -0.25) is 9.59 Å². The molecule has 25 heavy (non-hydrogen) atoms. The van der Waals surface area contributed by atoms with Crippen LogP contribution >= 0.6 is 11.3 Å². The first-order chi connectivity index (χ1) is 12.0. The fraction of sp³-hybridized carbons (Fsp3) is 0.300. The molecule has 1 aromatic carbocycles. The molecule has 2 heterocycles. The molecule has 1 amide bonds. The molecule has 0 fully saturated rings. The predicted molar refractivity (Wildman–Crippen MR) is 104 cm³/mol. The lowest BCUT2D eigenvalue weighted by Gasteiger charge is -2.22. The number of carbonyl (C=O) groups is 2. The highest BCUT2D eigenvalue weighted by atomic mass is 32.1. The number of ketones is 1. The number of amides is 1. The Kier molecular flexibility index (Phi) is 5.04. The van der Waals surface area contributed by atoms with Crippen molar-refractivity contribution in [3.05, 3.63) is 53.0 Å². The van der Waals surface area contributed by atoms with Crippen molar-refractivity contribution in [1.29, 1.82) is 0 Å². The number of rotatable bonds is 6. The Bertz CT molecular complexity index is 923. The molecule has 0 N–H and O–H groups in total. The largest absolute Gasteiger partial charge is 0.328 e. The van der Waals surface area contributed by atoms with Gasteiger partial charge >= 0.3 is 0 Å². The van der Waals surface area contributed by atoms with Crippen LogP contribution in [0.2, 0.25) is 0 Å². The normalized spacial score (nSPS) is 11.0. The zero-order valence-electron chi connectivity index (χ0n) is 14.8. The number of hydrogen-bond acceptors (Lipinski definition) is 3. The van der Waals surface area contributed by atoms with Crippen LogP contribution in [0.3, 0.4) is 0 Å². The Morgan fingerprint density at radius 2 is 1.96 bits per heavy atom. The third kappa shape index (κ3) is 3.37. The van der Waals surface area contributed by atoms with Crippen molar-refractivity contribution in [2.75, 3.05) is 11.4 Å². The molecule has 0 aliphatic heterocycles. The van der Waals surface area contributed by atoms with Gasteiger partial charge in [0.1, 0.15) is 6.54 Å². The van der Waals surface area contributed by atoms with E-state index >= 15 is 0 Å². The van der Waals surface area contributed by atoms with E-state index in [1.807, 2.05) is 67.1 Å². The molecule has 0 radical (unpaired) electrons. The minimum atomic E-state index is -0.0121. The maximum atomic E-state index is 13.0. The van der Waals surface area contributed by atoms with Gasteiger partial charge in [0.25, 0.3) is 0 Å². The second-order valence-electron chi connectivity index (χ2n) is 6.04. The van der Waals surface area contributed by atoms with Crippen LogP contribution in [-0.4, -0.2) is 22.8 Å². The molecule has 0 aliphatic carbocycles. The second-order valence-corrected chi connectivity index (χ2v) is 6.99. The van der Waals surface area contributed by atoms with Gasteiger partial charge in [-0.1, -0.05) is 19.1 Å².